The van der Waals surface area contributed by atoms with Crippen molar-refractivity contribution in [3.05, 3.63) is 27.7 Å². The number of hydrogen-bond donors (Lipinski definition) is 0. The van der Waals surface area contributed by atoms with E-state index in [9.17, 15) is 18.0 Å². The summed E-state index contributed by atoms with van der Waals surface area (Å²) in [5, 5.41) is 8.96. The maximum absolute atomic E-state index is 12.4. The highest BCUT2D eigenvalue weighted by Crippen LogP contribution is 2.42. The zero-order valence-corrected chi connectivity index (χ0v) is 12.7. The van der Waals surface area contributed by atoms with Gasteiger partial charge in [-0.2, -0.15) is 18.4 Å². The van der Waals surface area contributed by atoms with E-state index < -0.39 is 11.5 Å². The van der Waals surface area contributed by atoms with Gasteiger partial charge in [-0.15, -0.1) is 0 Å². The largest absolute Gasteiger partial charge is 0.466 e. The van der Waals surface area contributed by atoms with Crippen molar-refractivity contribution in [3.63, 3.8) is 0 Å². The molecule has 0 unspecified atom stereocenters. The van der Waals surface area contributed by atoms with E-state index in [-0.39, 0.29) is 45.3 Å². The Morgan fingerprint density at radius 2 is 2.15 bits per heavy atom. The third-order valence-electron chi connectivity index (χ3n) is 2.18. The maximum atomic E-state index is 12.4. The van der Waals surface area contributed by atoms with E-state index in [0.717, 1.165) is 0 Å². The first-order valence-electron chi connectivity index (χ1n) is 5.41. The highest BCUT2D eigenvalue weighted by Gasteiger charge is 2.31. The Kier molecular flexibility index (Phi) is 5.89. The summed E-state index contributed by atoms with van der Waals surface area (Å²) in [6, 6.07) is 4.29. The number of rotatable bonds is 4. The van der Waals surface area contributed by atoms with Gasteiger partial charge in [-0.1, -0.05) is 0 Å². The molecule has 0 atom stereocenters. The topological polar surface area (TPSA) is 50.1 Å². The van der Waals surface area contributed by atoms with Gasteiger partial charge in [-0.3, -0.25) is 4.79 Å². The minimum Gasteiger partial charge on any atom is -0.466 e. The Labute approximate surface area is 126 Å². The zero-order chi connectivity index (χ0) is 15.3. The van der Waals surface area contributed by atoms with Crippen LogP contribution in [-0.4, -0.2) is 18.1 Å². The number of alkyl halides is 3. The molecule has 0 bridgehead atoms. The molecule has 0 fully saturated rings. The first-order chi connectivity index (χ1) is 9.28. The van der Waals surface area contributed by atoms with Gasteiger partial charge in [0.1, 0.15) is 0 Å². The number of thioether (sulfide) groups is 1. The van der Waals surface area contributed by atoms with Crippen LogP contribution < -0.4 is 0 Å². The highest BCUT2D eigenvalue weighted by molar-refractivity contribution is 9.10. The number of nitrogens with zero attached hydrogens (tertiary/aromatic N) is 1. The Morgan fingerprint density at radius 1 is 1.50 bits per heavy atom. The van der Waals surface area contributed by atoms with Gasteiger partial charge in [0.2, 0.25) is 0 Å². The predicted octanol–water partition coefficient (Wildman–Crippen LogP) is 4.04. The van der Waals surface area contributed by atoms with Crippen molar-refractivity contribution in [1.29, 1.82) is 5.26 Å². The number of esters is 1. The molecule has 0 aliphatic rings. The van der Waals surface area contributed by atoms with Crippen LogP contribution in [0.25, 0.3) is 0 Å². The number of carbonyl (C=O) groups excluding carboxylic acids is 1. The Balaban J connectivity index is 3.16. The Bertz CT molecular complexity index is 555. The first kappa shape index (κ1) is 16.9. The fraction of sp³-hybridized carbons (Fsp3) is 0.333. The van der Waals surface area contributed by atoms with Crippen molar-refractivity contribution in [3.8, 4) is 6.07 Å². The number of hydrogen-bond acceptors (Lipinski definition) is 4. The van der Waals surface area contributed by atoms with Crippen LogP contribution in [0.15, 0.2) is 21.5 Å². The van der Waals surface area contributed by atoms with Crippen molar-refractivity contribution in [2.45, 2.75) is 23.7 Å². The predicted molar refractivity (Wildman–Crippen MR) is 71.1 cm³/mol. The van der Waals surface area contributed by atoms with Gasteiger partial charge < -0.3 is 4.74 Å². The molecule has 0 aliphatic carbocycles. The van der Waals surface area contributed by atoms with Crippen LogP contribution in [0.2, 0.25) is 0 Å². The van der Waals surface area contributed by atoms with E-state index in [0.29, 0.717) is 0 Å². The molecular formula is C12H9BrF3NO2S. The number of ether oxygens (including phenoxy) is 1. The summed E-state index contributed by atoms with van der Waals surface area (Å²) in [4.78, 5) is 11.3. The average molecular weight is 368 g/mol. The molecule has 0 spiro atoms. The van der Waals surface area contributed by atoms with E-state index in [1.54, 1.807) is 6.92 Å². The molecule has 0 saturated carbocycles. The first-order valence-corrected chi connectivity index (χ1v) is 7.02. The summed E-state index contributed by atoms with van der Waals surface area (Å²) in [7, 11) is 0. The van der Waals surface area contributed by atoms with E-state index in [1.165, 1.54) is 12.1 Å². The summed E-state index contributed by atoms with van der Waals surface area (Å²) in [5.74, 6) is -0.598. The van der Waals surface area contributed by atoms with Crippen LogP contribution in [0.3, 0.4) is 0 Å². The number of benzene rings is 1. The standard InChI is InChI=1S/C12H9BrF3NO2S/c1-2-19-10(18)5-8-7(6-17)3-4-9(11(8)13)20-12(14,15)16/h3-4H,2,5H2,1H3. The lowest BCUT2D eigenvalue weighted by atomic mass is 10.1. The van der Waals surface area contributed by atoms with Crippen LogP contribution in [0.1, 0.15) is 18.1 Å². The molecule has 20 heavy (non-hydrogen) atoms. The molecule has 0 radical (unpaired) electrons. The van der Waals surface area contributed by atoms with E-state index in [4.69, 9.17) is 10.00 Å². The minimum atomic E-state index is -4.45. The molecular weight excluding hydrogens is 359 g/mol. The molecule has 0 amide bonds. The monoisotopic (exact) mass is 367 g/mol. The van der Waals surface area contributed by atoms with Gasteiger partial charge in [-0.25, -0.2) is 0 Å². The van der Waals surface area contributed by atoms with Crippen LogP contribution in [0.4, 0.5) is 13.2 Å². The molecule has 108 valence electrons. The summed E-state index contributed by atoms with van der Waals surface area (Å²) in [5.41, 5.74) is -4.12. The molecule has 0 saturated heterocycles. The molecule has 0 aromatic heterocycles. The molecule has 1 aromatic carbocycles. The van der Waals surface area contributed by atoms with Crippen LogP contribution >= 0.6 is 27.7 Å². The van der Waals surface area contributed by atoms with Gasteiger partial charge >= 0.3 is 11.5 Å². The smallest absolute Gasteiger partial charge is 0.446 e. The Morgan fingerprint density at radius 3 is 2.65 bits per heavy atom. The van der Waals surface area contributed by atoms with Crippen LogP contribution in [0, 0.1) is 11.3 Å². The lowest BCUT2D eigenvalue weighted by molar-refractivity contribution is -0.142. The lowest BCUT2D eigenvalue weighted by Crippen LogP contribution is -2.10. The second-order valence-corrected chi connectivity index (χ2v) is 5.45. The van der Waals surface area contributed by atoms with E-state index >= 15 is 0 Å². The average Bonchev–Trinajstić information content (AvgIpc) is 2.33. The molecule has 0 N–H and O–H groups in total. The van der Waals surface area contributed by atoms with Gasteiger partial charge in [-0.05, 0) is 52.3 Å². The van der Waals surface area contributed by atoms with Crippen molar-refractivity contribution in [2.24, 2.45) is 0 Å². The summed E-state index contributed by atoms with van der Waals surface area (Å²) in [6.07, 6.45) is -0.260. The van der Waals surface area contributed by atoms with E-state index in [2.05, 4.69) is 15.9 Å². The van der Waals surface area contributed by atoms with Crippen LogP contribution in [-0.2, 0) is 16.0 Å². The summed E-state index contributed by atoms with van der Waals surface area (Å²) >= 11 is 2.72. The molecule has 8 heteroatoms. The normalized spacial score (nSPS) is 11.0. The molecule has 1 rings (SSSR count). The third kappa shape index (κ3) is 4.72. The van der Waals surface area contributed by atoms with Gasteiger partial charge in [0.05, 0.1) is 24.7 Å². The fourth-order valence-corrected chi connectivity index (χ4v) is 2.76. The molecule has 1 aromatic rings. The molecule has 0 aliphatic heterocycles. The van der Waals surface area contributed by atoms with Gasteiger partial charge in [0.15, 0.2) is 0 Å². The number of halogens is 4. The Hall–Kier alpha value is -1.20. The highest BCUT2D eigenvalue weighted by atomic mass is 79.9. The second kappa shape index (κ2) is 6.99. The quantitative estimate of drug-likeness (QED) is 0.595. The summed E-state index contributed by atoms with van der Waals surface area (Å²) in [6.45, 7) is 1.78. The van der Waals surface area contributed by atoms with E-state index in [1.807, 2.05) is 6.07 Å². The van der Waals surface area contributed by atoms with Gasteiger partial charge in [0.25, 0.3) is 0 Å². The number of carbonyl (C=O) groups is 1. The minimum absolute atomic E-state index is 0.0897. The van der Waals surface area contributed by atoms with Crippen molar-refractivity contribution < 1.29 is 22.7 Å². The number of nitriles is 1. The zero-order valence-electron chi connectivity index (χ0n) is 10.3. The summed E-state index contributed by atoms with van der Waals surface area (Å²) < 4.78 is 42.0. The van der Waals surface area contributed by atoms with Crippen molar-refractivity contribution >= 4 is 33.7 Å². The van der Waals surface area contributed by atoms with Gasteiger partial charge in [0, 0.05) is 9.37 Å². The molecule has 0 heterocycles. The maximum Gasteiger partial charge on any atom is 0.446 e. The molecule has 3 nitrogen and oxygen atoms in total. The fourth-order valence-electron chi connectivity index (χ4n) is 1.44. The van der Waals surface area contributed by atoms with Crippen molar-refractivity contribution in [1.82, 2.24) is 0 Å². The lowest BCUT2D eigenvalue weighted by Gasteiger charge is -2.12. The SMILES string of the molecule is CCOC(=O)Cc1c(C#N)ccc(SC(F)(F)F)c1Br. The van der Waals surface area contributed by atoms with Crippen LogP contribution in [0.5, 0.6) is 0 Å². The third-order valence-corrected chi connectivity index (χ3v) is 4.14. The van der Waals surface area contributed by atoms with Crippen molar-refractivity contribution in [2.75, 3.05) is 6.61 Å². The second-order valence-electron chi connectivity index (χ2n) is 3.55.